The van der Waals surface area contributed by atoms with Crippen LogP contribution >= 0.6 is 12.6 Å². The van der Waals surface area contributed by atoms with Crippen molar-refractivity contribution in [3.63, 3.8) is 0 Å². The summed E-state index contributed by atoms with van der Waals surface area (Å²) in [4.78, 5) is 70.2. The third-order valence-corrected chi connectivity index (χ3v) is 4.34. The lowest BCUT2D eigenvalue weighted by atomic mass is 10.1. The van der Waals surface area contributed by atoms with E-state index in [4.69, 9.17) is 22.3 Å². The van der Waals surface area contributed by atoms with Gasteiger partial charge in [-0.25, -0.2) is 4.79 Å². The molecule has 5 amide bonds. The maximum atomic E-state index is 12.5. The van der Waals surface area contributed by atoms with E-state index in [1.54, 1.807) is 0 Å². The zero-order valence-corrected chi connectivity index (χ0v) is 17.6. The first-order valence-corrected chi connectivity index (χ1v) is 9.68. The lowest BCUT2D eigenvalue weighted by Crippen LogP contribution is -2.58. The number of rotatable bonds is 14. The van der Waals surface area contributed by atoms with Crippen LogP contribution in [0, 0.1) is 0 Å². The Hall–Kier alpha value is -2.91. The Morgan fingerprint density at radius 1 is 0.871 bits per heavy atom. The van der Waals surface area contributed by atoms with Crippen LogP contribution in [0.3, 0.4) is 0 Å². The Bertz CT molecular complexity index is 704. The summed E-state index contributed by atoms with van der Waals surface area (Å²) in [5.41, 5.74) is 15.5. The van der Waals surface area contributed by atoms with E-state index < -0.39 is 72.2 Å². The molecule has 0 aromatic carbocycles. The van der Waals surface area contributed by atoms with Gasteiger partial charge in [0.2, 0.25) is 29.5 Å². The molecule has 0 fully saturated rings. The highest BCUT2D eigenvalue weighted by Gasteiger charge is 2.31. The minimum Gasteiger partial charge on any atom is -0.480 e. The Morgan fingerprint density at radius 3 is 1.77 bits per heavy atom. The predicted octanol–water partition coefficient (Wildman–Crippen LogP) is -4.70. The molecule has 0 aromatic rings. The number of nitrogens with one attached hydrogen (secondary N) is 3. The first-order valence-electron chi connectivity index (χ1n) is 9.05. The molecule has 0 aliphatic heterocycles. The highest BCUT2D eigenvalue weighted by molar-refractivity contribution is 7.80. The standard InChI is InChI=1S/C16H28N6O8S/c1-6(23)12(19)15(28)22-9(5-31)14(27)20-7(2-3-10(17)24)13(26)21-8(16(29)30)4-11(18)25/h6-9,12,23,31H,2-5,19H2,1H3,(H2,17,24)(H2,18,25)(H,20,27)(H,21,26)(H,22,28)(H,29,30). The van der Waals surface area contributed by atoms with Crippen LogP contribution in [0.2, 0.25) is 0 Å². The number of aliphatic carboxylic acids is 1. The van der Waals surface area contributed by atoms with Crippen molar-refractivity contribution in [1.29, 1.82) is 0 Å². The van der Waals surface area contributed by atoms with Crippen LogP contribution in [0.15, 0.2) is 0 Å². The highest BCUT2D eigenvalue weighted by Crippen LogP contribution is 2.03. The van der Waals surface area contributed by atoms with Crippen molar-refractivity contribution in [2.24, 2.45) is 17.2 Å². The number of carboxylic acid groups (broad SMARTS) is 1. The van der Waals surface area contributed by atoms with Gasteiger partial charge in [-0.05, 0) is 13.3 Å². The topological polar surface area (TPSA) is 257 Å². The van der Waals surface area contributed by atoms with Crippen LogP contribution in [0.5, 0.6) is 0 Å². The molecule has 0 spiro atoms. The first kappa shape index (κ1) is 28.1. The minimum absolute atomic E-state index is 0.215. The normalized spacial score (nSPS) is 15.5. The quantitative estimate of drug-likeness (QED) is 0.112. The number of carbonyl (C=O) groups is 6. The molecule has 0 saturated heterocycles. The van der Waals surface area contributed by atoms with Gasteiger partial charge >= 0.3 is 5.97 Å². The monoisotopic (exact) mass is 464 g/mol. The fraction of sp³-hybridized carbons (Fsp3) is 0.625. The van der Waals surface area contributed by atoms with Gasteiger partial charge < -0.3 is 43.4 Å². The molecule has 0 saturated carbocycles. The number of primary amides is 2. The van der Waals surface area contributed by atoms with Crippen molar-refractivity contribution >= 4 is 48.1 Å². The predicted molar refractivity (Wildman–Crippen MR) is 109 cm³/mol. The Balaban J connectivity index is 5.38. The number of aliphatic hydroxyl groups is 1. The number of nitrogens with two attached hydrogens (primary N) is 3. The second-order valence-corrected chi connectivity index (χ2v) is 7.01. The SMILES string of the molecule is CC(O)C(N)C(=O)NC(CS)C(=O)NC(CCC(N)=O)C(=O)NC(CC(N)=O)C(=O)O. The van der Waals surface area contributed by atoms with Gasteiger partial charge in [0.25, 0.3) is 0 Å². The average Bonchev–Trinajstić information content (AvgIpc) is 2.66. The molecule has 176 valence electrons. The van der Waals surface area contributed by atoms with Crippen LogP contribution in [0.4, 0.5) is 0 Å². The van der Waals surface area contributed by atoms with Crippen molar-refractivity contribution in [2.45, 2.75) is 56.5 Å². The third-order valence-electron chi connectivity index (χ3n) is 3.97. The summed E-state index contributed by atoms with van der Waals surface area (Å²) in [5, 5.41) is 25.0. The summed E-state index contributed by atoms with van der Waals surface area (Å²) < 4.78 is 0. The van der Waals surface area contributed by atoms with Crippen molar-refractivity contribution in [3.8, 4) is 0 Å². The summed E-state index contributed by atoms with van der Waals surface area (Å²) in [6, 6.07) is -5.69. The molecule has 11 N–H and O–H groups in total. The number of hydrogen-bond donors (Lipinski definition) is 9. The van der Waals surface area contributed by atoms with Gasteiger partial charge in [0, 0.05) is 12.2 Å². The average molecular weight is 465 g/mol. The maximum Gasteiger partial charge on any atom is 0.326 e. The minimum atomic E-state index is -1.66. The van der Waals surface area contributed by atoms with E-state index in [0.29, 0.717) is 0 Å². The molecule has 0 radical (unpaired) electrons. The summed E-state index contributed by atoms with van der Waals surface area (Å²) in [5.74, 6) is -6.30. The van der Waals surface area contributed by atoms with Crippen molar-refractivity contribution in [3.05, 3.63) is 0 Å². The van der Waals surface area contributed by atoms with E-state index in [2.05, 4.69) is 23.3 Å². The molecular weight excluding hydrogens is 436 g/mol. The number of carboxylic acids is 1. The summed E-state index contributed by atoms with van der Waals surface area (Å²) >= 11 is 3.95. The van der Waals surface area contributed by atoms with Gasteiger partial charge in [0.15, 0.2) is 0 Å². The van der Waals surface area contributed by atoms with Gasteiger partial charge in [-0.15, -0.1) is 0 Å². The van der Waals surface area contributed by atoms with Gasteiger partial charge in [0.05, 0.1) is 12.5 Å². The lowest BCUT2D eigenvalue weighted by Gasteiger charge is -2.24. The fourth-order valence-corrected chi connectivity index (χ4v) is 2.44. The molecule has 5 unspecified atom stereocenters. The summed E-state index contributed by atoms with van der Waals surface area (Å²) in [7, 11) is 0. The Kier molecular flexibility index (Phi) is 12.1. The number of aliphatic hydroxyl groups excluding tert-OH is 1. The molecular formula is C16H28N6O8S. The van der Waals surface area contributed by atoms with Crippen LogP contribution in [-0.2, 0) is 28.8 Å². The largest absolute Gasteiger partial charge is 0.480 e. The van der Waals surface area contributed by atoms with E-state index in [0.717, 1.165) is 0 Å². The third kappa shape index (κ3) is 10.6. The van der Waals surface area contributed by atoms with Crippen LogP contribution in [-0.4, -0.2) is 81.7 Å². The number of thiol groups is 1. The van der Waals surface area contributed by atoms with Crippen LogP contribution in [0.1, 0.15) is 26.2 Å². The molecule has 0 rings (SSSR count). The molecule has 0 bridgehead atoms. The lowest BCUT2D eigenvalue weighted by molar-refractivity contribution is -0.144. The van der Waals surface area contributed by atoms with E-state index >= 15 is 0 Å². The maximum absolute atomic E-state index is 12.5. The fourth-order valence-electron chi connectivity index (χ4n) is 2.18. The van der Waals surface area contributed by atoms with Crippen molar-refractivity contribution in [1.82, 2.24) is 16.0 Å². The zero-order chi connectivity index (χ0) is 24.3. The van der Waals surface area contributed by atoms with Crippen molar-refractivity contribution < 1.29 is 39.0 Å². The van der Waals surface area contributed by atoms with Crippen molar-refractivity contribution in [2.75, 3.05) is 5.75 Å². The molecule has 5 atom stereocenters. The summed E-state index contributed by atoms with van der Waals surface area (Å²) in [6.07, 6.45) is -2.53. The van der Waals surface area contributed by atoms with Crippen LogP contribution in [0.25, 0.3) is 0 Å². The molecule has 31 heavy (non-hydrogen) atoms. The van der Waals surface area contributed by atoms with Gasteiger partial charge in [0.1, 0.15) is 24.2 Å². The Labute approximate surface area is 183 Å². The van der Waals surface area contributed by atoms with E-state index in [1.165, 1.54) is 6.92 Å². The van der Waals surface area contributed by atoms with Gasteiger partial charge in [-0.1, -0.05) is 0 Å². The van der Waals surface area contributed by atoms with Crippen LogP contribution < -0.4 is 33.2 Å². The smallest absolute Gasteiger partial charge is 0.326 e. The molecule has 0 heterocycles. The zero-order valence-electron chi connectivity index (χ0n) is 16.7. The van der Waals surface area contributed by atoms with E-state index in [1.807, 2.05) is 5.32 Å². The number of carbonyl (C=O) groups excluding carboxylic acids is 5. The summed E-state index contributed by atoms with van der Waals surface area (Å²) in [6.45, 7) is 1.27. The Morgan fingerprint density at radius 2 is 1.35 bits per heavy atom. The number of amides is 5. The molecule has 14 nitrogen and oxygen atoms in total. The van der Waals surface area contributed by atoms with Gasteiger partial charge in [-0.3, -0.25) is 24.0 Å². The van der Waals surface area contributed by atoms with E-state index in [-0.39, 0.29) is 18.6 Å². The molecule has 0 aromatic heterocycles. The molecule has 15 heteroatoms. The first-order chi connectivity index (χ1) is 14.3. The highest BCUT2D eigenvalue weighted by atomic mass is 32.1. The molecule has 0 aliphatic carbocycles. The van der Waals surface area contributed by atoms with Gasteiger partial charge in [-0.2, -0.15) is 12.6 Å². The molecule has 0 aliphatic rings. The number of hydrogen-bond acceptors (Lipinski definition) is 9. The second kappa shape index (κ2) is 13.4. The van der Waals surface area contributed by atoms with E-state index in [9.17, 15) is 33.9 Å². The second-order valence-electron chi connectivity index (χ2n) is 6.65.